The van der Waals surface area contributed by atoms with Gasteiger partial charge in [0.05, 0.1) is 18.5 Å². The van der Waals surface area contributed by atoms with Crippen molar-refractivity contribution in [2.24, 2.45) is 0 Å². The van der Waals surface area contributed by atoms with Crippen LogP contribution in [-0.2, 0) is 20.7 Å². The van der Waals surface area contributed by atoms with Gasteiger partial charge in [-0.1, -0.05) is 6.07 Å². The van der Waals surface area contributed by atoms with Crippen LogP contribution in [0.15, 0.2) is 24.3 Å². The molecule has 1 aromatic carbocycles. The van der Waals surface area contributed by atoms with Crippen molar-refractivity contribution in [2.75, 3.05) is 19.0 Å². The van der Waals surface area contributed by atoms with Gasteiger partial charge in [0.2, 0.25) is 0 Å². The van der Waals surface area contributed by atoms with Gasteiger partial charge < -0.3 is 14.8 Å². The van der Waals surface area contributed by atoms with Gasteiger partial charge in [-0.3, -0.25) is 9.59 Å². The number of amides is 1. The Balaban J connectivity index is 1.56. The Labute approximate surface area is 175 Å². The molecule has 3 aromatic rings. The van der Waals surface area contributed by atoms with Crippen molar-refractivity contribution >= 4 is 23.2 Å². The number of hydrogen-bond acceptors (Lipinski definition) is 6. The van der Waals surface area contributed by atoms with Crippen molar-refractivity contribution in [3.63, 3.8) is 0 Å². The van der Waals surface area contributed by atoms with E-state index in [2.05, 4.69) is 15.4 Å². The summed E-state index contributed by atoms with van der Waals surface area (Å²) in [5.41, 5.74) is 5.96. The molecule has 0 unspecified atom stereocenters. The number of carbonyl (C=O) groups excluding carboxylic acids is 2. The summed E-state index contributed by atoms with van der Waals surface area (Å²) >= 11 is 0. The van der Waals surface area contributed by atoms with E-state index in [0.29, 0.717) is 17.9 Å². The number of nitrogens with zero attached hydrogens (tertiary/aromatic N) is 3. The zero-order valence-electron chi connectivity index (χ0n) is 17.9. The van der Waals surface area contributed by atoms with Crippen LogP contribution in [0.3, 0.4) is 0 Å². The second-order valence-corrected chi connectivity index (χ2v) is 7.23. The van der Waals surface area contributed by atoms with E-state index in [-0.39, 0.29) is 13.0 Å². The number of hydrogen-bond donors (Lipinski definition) is 1. The second-order valence-electron chi connectivity index (χ2n) is 7.23. The van der Waals surface area contributed by atoms with E-state index in [4.69, 9.17) is 9.47 Å². The van der Waals surface area contributed by atoms with Gasteiger partial charge in [0.25, 0.3) is 5.91 Å². The fourth-order valence-electron chi connectivity index (χ4n) is 3.35. The molecule has 2 heterocycles. The van der Waals surface area contributed by atoms with Crippen molar-refractivity contribution in [1.82, 2.24) is 14.6 Å². The summed E-state index contributed by atoms with van der Waals surface area (Å²) in [6.45, 7) is 7.34. The molecule has 8 heteroatoms. The molecule has 0 aliphatic carbocycles. The third-order valence-corrected chi connectivity index (χ3v) is 4.86. The highest BCUT2D eigenvalue weighted by atomic mass is 16.5. The summed E-state index contributed by atoms with van der Waals surface area (Å²) < 4.78 is 12.2. The summed E-state index contributed by atoms with van der Waals surface area (Å²) in [6.07, 6.45) is 0.613. The fraction of sp³-hybridized carbons (Fsp3) is 0.364. The fourth-order valence-corrected chi connectivity index (χ4v) is 3.35. The summed E-state index contributed by atoms with van der Waals surface area (Å²) in [5, 5.41) is 7.15. The van der Waals surface area contributed by atoms with Gasteiger partial charge in [-0.25, -0.2) is 9.50 Å². The molecule has 0 bridgehead atoms. The minimum atomic E-state index is -0.447. The lowest BCUT2D eigenvalue weighted by atomic mass is 10.1. The van der Waals surface area contributed by atoms with E-state index >= 15 is 0 Å². The zero-order valence-corrected chi connectivity index (χ0v) is 17.9. The van der Waals surface area contributed by atoms with Crippen LogP contribution in [0.25, 0.3) is 5.65 Å². The van der Waals surface area contributed by atoms with Crippen LogP contribution in [0.2, 0.25) is 0 Å². The van der Waals surface area contributed by atoms with Gasteiger partial charge >= 0.3 is 5.97 Å². The number of ether oxygens (including phenoxy) is 2. The number of rotatable bonds is 7. The van der Waals surface area contributed by atoms with Gasteiger partial charge in [0.15, 0.2) is 12.3 Å². The number of benzene rings is 1. The molecule has 2 aromatic heterocycles. The third-order valence-electron chi connectivity index (χ3n) is 4.86. The van der Waals surface area contributed by atoms with Crippen molar-refractivity contribution in [3.05, 3.63) is 52.5 Å². The van der Waals surface area contributed by atoms with E-state index in [1.807, 2.05) is 39.8 Å². The molecule has 0 atom stereocenters. The molecular formula is C22H26N4O4. The van der Waals surface area contributed by atoms with Crippen LogP contribution >= 0.6 is 0 Å². The number of aromatic nitrogens is 3. The molecule has 1 amide bonds. The monoisotopic (exact) mass is 410 g/mol. The maximum absolute atomic E-state index is 12.2. The SMILES string of the molecule is COc1ccc(C)cc1NC(=O)COC(=O)CCc1c(C)nc2cc(C)nn2c1C. The quantitative estimate of drug-likeness (QED) is 0.602. The van der Waals surface area contributed by atoms with Crippen LogP contribution in [-0.4, -0.2) is 40.2 Å². The van der Waals surface area contributed by atoms with Gasteiger partial charge in [0.1, 0.15) is 5.75 Å². The standard InChI is InChI=1S/C22H26N4O4/c1-13-6-8-19(29-5)18(10-13)24-21(27)12-30-22(28)9-7-17-15(3)23-20-11-14(2)25-26(20)16(17)4/h6,8,10-11H,7,9,12H2,1-5H3,(H,24,27). The van der Waals surface area contributed by atoms with Gasteiger partial charge in [-0.05, 0) is 57.4 Å². The van der Waals surface area contributed by atoms with Crippen molar-refractivity contribution in [3.8, 4) is 5.75 Å². The Morgan fingerprint density at radius 3 is 2.63 bits per heavy atom. The molecule has 0 aliphatic heterocycles. The lowest BCUT2D eigenvalue weighted by molar-refractivity contribution is -0.147. The number of carbonyl (C=O) groups is 2. The number of esters is 1. The largest absolute Gasteiger partial charge is 0.495 e. The van der Waals surface area contributed by atoms with Crippen molar-refractivity contribution in [2.45, 2.75) is 40.5 Å². The van der Waals surface area contributed by atoms with Crippen molar-refractivity contribution in [1.29, 1.82) is 0 Å². The Bertz CT molecular complexity index is 1100. The van der Waals surface area contributed by atoms with Gasteiger partial charge in [0, 0.05) is 23.9 Å². The molecule has 158 valence electrons. The molecule has 0 radical (unpaired) electrons. The van der Waals surface area contributed by atoms with Crippen LogP contribution in [0, 0.1) is 27.7 Å². The molecule has 0 spiro atoms. The molecule has 0 fully saturated rings. The van der Waals surface area contributed by atoms with E-state index in [1.54, 1.807) is 16.6 Å². The average molecular weight is 410 g/mol. The molecule has 3 rings (SSSR count). The minimum absolute atomic E-state index is 0.149. The normalized spacial score (nSPS) is 10.8. The second kappa shape index (κ2) is 8.94. The van der Waals surface area contributed by atoms with Crippen molar-refractivity contribution < 1.29 is 19.1 Å². The number of nitrogens with one attached hydrogen (secondary N) is 1. The predicted molar refractivity (Wildman–Crippen MR) is 113 cm³/mol. The number of methoxy groups -OCH3 is 1. The third kappa shape index (κ3) is 4.76. The van der Waals surface area contributed by atoms with Crippen LogP contribution in [0.1, 0.15) is 34.6 Å². The predicted octanol–water partition coefficient (Wildman–Crippen LogP) is 3.09. The Morgan fingerprint density at radius 1 is 1.13 bits per heavy atom. The van der Waals surface area contributed by atoms with Crippen LogP contribution in [0.4, 0.5) is 5.69 Å². The van der Waals surface area contributed by atoms with Gasteiger partial charge in [-0.15, -0.1) is 0 Å². The maximum atomic E-state index is 12.2. The smallest absolute Gasteiger partial charge is 0.306 e. The van der Waals surface area contributed by atoms with Crippen LogP contribution < -0.4 is 10.1 Å². The first kappa shape index (κ1) is 21.3. The molecule has 0 saturated carbocycles. The highest BCUT2D eigenvalue weighted by Gasteiger charge is 2.15. The molecule has 8 nitrogen and oxygen atoms in total. The zero-order chi connectivity index (χ0) is 21.8. The van der Waals surface area contributed by atoms with E-state index in [0.717, 1.165) is 33.9 Å². The summed E-state index contributed by atoms with van der Waals surface area (Å²) in [7, 11) is 1.53. The Morgan fingerprint density at radius 2 is 1.90 bits per heavy atom. The topological polar surface area (TPSA) is 94.8 Å². The Kier molecular flexibility index (Phi) is 6.34. The first-order chi connectivity index (χ1) is 14.3. The van der Waals surface area contributed by atoms with E-state index in [9.17, 15) is 9.59 Å². The van der Waals surface area contributed by atoms with E-state index < -0.39 is 11.9 Å². The number of fused-ring (bicyclic) bond motifs is 1. The molecular weight excluding hydrogens is 384 g/mol. The number of aryl methyl sites for hydroxylation is 4. The highest BCUT2D eigenvalue weighted by molar-refractivity contribution is 5.94. The molecule has 30 heavy (non-hydrogen) atoms. The molecule has 1 N–H and O–H groups in total. The minimum Gasteiger partial charge on any atom is -0.495 e. The summed E-state index contributed by atoms with van der Waals surface area (Å²) in [4.78, 5) is 28.9. The van der Waals surface area contributed by atoms with Crippen LogP contribution in [0.5, 0.6) is 5.75 Å². The summed E-state index contributed by atoms with van der Waals surface area (Å²) in [5.74, 6) is -0.324. The molecule has 0 saturated heterocycles. The first-order valence-corrected chi connectivity index (χ1v) is 9.71. The lowest BCUT2D eigenvalue weighted by Gasteiger charge is -2.12. The lowest BCUT2D eigenvalue weighted by Crippen LogP contribution is -2.21. The Hall–Kier alpha value is -3.42. The van der Waals surface area contributed by atoms with Gasteiger partial charge in [-0.2, -0.15) is 5.10 Å². The number of anilines is 1. The summed E-state index contributed by atoms with van der Waals surface area (Å²) in [6, 6.07) is 7.37. The molecule has 0 aliphatic rings. The first-order valence-electron chi connectivity index (χ1n) is 9.71. The maximum Gasteiger partial charge on any atom is 0.306 e. The highest BCUT2D eigenvalue weighted by Crippen LogP contribution is 2.25. The van der Waals surface area contributed by atoms with E-state index in [1.165, 1.54) is 7.11 Å². The average Bonchev–Trinajstić information content (AvgIpc) is 3.06.